The van der Waals surface area contributed by atoms with Crippen LogP contribution in [0.3, 0.4) is 0 Å². The van der Waals surface area contributed by atoms with Crippen molar-refractivity contribution in [2.24, 2.45) is 5.92 Å². The predicted octanol–water partition coefficient (Wildman–Crippen LogP) is 2.54. The van der Waals surface area contributed by atoms with Crippen molar-refractivity contribution in [3.05, 3.63) is 36.9 Å². The smallest absolute Gasteiger partial charge is 0.229 e. The number of anilines is 1. The summed E-state index contributed by atoms with van der Waals surface area (Å²) in [6, 6.07) is 7.49. The van der Waals surface area contributed by atoms with Crippen LogP contribution < -0.4 is 5.32 Å². The van der Waals surface area contributed by atoms with Gasteiger partial charge in [0, 0.05) is 30.3 Å². The second-order valence-electron chi connectivity index (χ2n) is 5.98. The molecule has 0 radical (unpaired) electrons. The van der Waals surface area contributed by atoms with Crippen LogP contribution in [0.1, 0.15) is 20.3 Å². The van der Waals surface area contributed by atoms with Crippen LogP contribution in [0.25, 0.3) is 11.3 Å². The van der Waals surface area contributed by atoms with Gasteiger partial charge in [0.1, 0.15) is 0 Å². The quantitative estimate of drug-likeness (QED) is 0.941. The third-order valence-electron chi connectivity index (χ3n) is 4.00. The SMILES string of the molecule is CC(C)N1CC(C(=O)Nc2cccc(-c3cnco3)c2)CC1=O. The third kappa shape index (κ3) is 3.26. The van der Waals surface area contributed by atoms with Crippen LogP contribution in [0.2, 0.25) is 0 Å². The lowest BCUT2D eigenvalue weighted by Crippen LogP contribution is -2.33. The molecule has 1 aromatic heterocycles. The molecule has 2 heterocycles. The summed E-state index contributed by atoms with van der Waals surface area (Å²) in [7, 11) is 0. The zero-order valence-electron chi connectivity index (χ0n) is 13.2. The van der Waals surface area contributed by atoms with E-state index in [0.717, 1.165) is 5.56 Å². The number of rotatable bonds is 4. The molecule has 1 fully saturated rings. The number of nitrogens with one attached hydrogen (secondary N) is 1. The van der Waals surface area contributed by atoms with E-state index in [1.807, 2.05) is 38.1 Å². The second-order valence-corrected chi connectivity index (χ2v) is 5.98. The highest BCUT2D eigenvalue weighted by Gasteiger charge is 2.35. The number of hydrogen-bond donors (Lipinski definition) is 1. The molecule has 1 atom stereocenters. The number of aromatic nitrogens is 1. The van der Waals surface area contributed by atoms with Gasteiger partial charge in [-0.3, -0.25) is 9.59 Å². The zero-order chi connectivity index (χ0) is 16.4. The molecule has 2 aromatic rings. The second kappa shape index (κ2) is 6.24. The fourth-order valence-corrected chi connectivity index (χ4v) is 2.76. The molecule has 3 rings (SSSR count). The number of oxazole rings is 1. The Morgan fingerprint density at radius 3 is 2.91 bits per heavy atom. The van der Waals surface area contributed by atoms with Gasteiger partial charge in [0.25, 0.3) is 0 Å². The predicted molar refractivity (Wildman–Crippen MR) is 85.5 cm³/mol. The maximum atomic E-state index is 12.4. The summed E-state index contributed by atoms with van der Waals surface area (Å²) in [6.45, 7) is 4.39. The molecule has 0 bridgehead atoms. The van der Waals surface area contributed by atoms with Crippen LogP contribution in [-0.2, 0) is 9.59 Å². The summed E-state index contributed by atoms with van der Waals surface area (Å²) < 4.78 is 5.26. The number of carbonyl (C=O) groups excluding carboxylic acids is 2. The summed E-state index contributed by atoms with van der Waals surface area (Å²) in [4.78, 5) is 30.0. The summed E-state index contributed by atoms with van der Waals surface area (Å²) in [5.41, 5.74) is 1.52. The van der Waals surface area contributed by atoms with Gasteiger partial charge < -0.3 is 14.6 Å². The Kier molecular flexibility index (Phi) is 4.14. The van der Waals surface area contributed by atoms with Gasteiger partial charge in [0.15, 0.2) is 12.2 Å². The van der Waals surface area contributed by atoms with E-state index in [4.69, 9.17) is 4.42 Å². The first-order chi connectivity index (χ1) is 11.0. The standard InChI is InChI=1S/C17H19N3O3/c1-11(2)20-9-13(7-16(20)21)17(22)19-14-5-3-4-12(6-14)15-8-18-10-23-15/h3-6,8,10-11,13H,7,9H2,1-2H3,(H,19,22). The molecule has 1 unspecified atom stereocenters. The molecule has 0 saturated carbocycles. The largest absolute Gasteiger partial charge is 0.444 e. The van der Waals surface area contributed by atoms with Gasteiger partial charge in [-0.05, 0) is 26.0 Å². The van der Waals surface area contributed by atoms with Crippen molar-refractivity contribution in [1.82, 2.24) is 9.88 Å². The van der Waals surface area contributed by atoms with Crippen LogP contribution >= 0.6 is 0 Å². The average Bonchev–Trinajstić information content (AvgIpc) is 3.16. The topological polar surface area (TPSA) is 75.4 Å². The van der Waals surface area contributed by atoms with Crippen LogP contribution in [-0.4, -0.2) is 34.3 Å². The Balaban J connectivity index is 1.69. The van der Waals surface area contributed by atoms with Gasteiger partial charge in [-0.15, -0.1) is 0 Å². The molecule has 23 heavy (non-hydrogen) atoms. The maximum Gasteiger partial charge on any atom is 0.229 e. The number of benzene rings is 1. The Morgan fingerprint density at radius 2 is 2.26 bits per heavy atom. The lowest BCUT2D eigenvalue weighted by atomic mass is 10.1. The zero-order valence-corrected chi connectivity index (χ0v) is 13.2. The normalized spacial score (nSPS) is 17.8. The summed E-state index contributed by atoms with van der Waals surface area (Å²) in [5, 5.41) is 2.89. The van der Waals surface area contributed by atoms with Crippen LogP contribution in [0, 0.1) is 5.92 Å². The Bertz CT molecular complexity index is 710. The van der Waals surface area contributed by atoms with Gasteiger partial charge in [-0.1, -0.05) is 12.1 Å². The molecule has 1 aromatic carbocycles. The molecule has 2 amide bonds. The Hall–Kier alpha value is -2.63. The highest BCUT2D eigenvalue weighted by atomic mass is 16.3. The Morgan fingerprint density at radius 1 is 1.43 bits per heavy atom. The maximum absolute atomic E-state index is 12.4. The fraction of sp³-hybridized carbons (Fsp3) is 0.353. The highest BCUT2D eigenvalue weighted by molar-refractivity contribution is 5.97. The highest BCUT2D eigenvalue weighted by Crippen LogP contribution is 2.24. The summed E-state index contributed by atoms with van der Waals surface area (Å²) in [6.07, 6.45) is 3.26. The van der Waals surface area contributed by atoms with Gasteiger partial charge in [-0.25, -0.2) is 4.98 Å². The van der Waals surface area contributed by atoms with Crippen molar-refractivity contribution in [2.45, 2.75) is 26.3 Å². The Labute approximate surface area is 134 Å². The molecule has 1 aliphatic rings. The number of hydrogen-bond acceptors (Lipinski definition) is 4. The molecule has 1 saturated heterocycles. The minimum absolute atomic E-state index is 0.0376. The average molecular weight is 313 g/mol. The van der Waals surface area contributed by atoms with E-state index in [-0.39, 0.29) is 30.2 Å². The van der Waals surface area contributed by atoms with Crippen molar-refractivity contribution < 1.29 is 14.0 Å². The molecule has 0 spiro atoms. The molecular weight excluding hydrogens is 294 g/mol. The van der Waals surface area contributed by atoms with E-state index in [0.29, 0.717) is 18.0 Å². The van der Waals surface area contributed by atoms with E-state index < -0.39 is 0 Å². The monoisotopic (exact) mass is 313 g/mol. The first-order valence-corrected chi connectivity index (χ1v) is 7.64. The lowest BCUT2D eigenvalue weighted by molar-refractivity contribution is -0.129. The van der Waals surface area contributed by atoms with Crippen LogP contribution in [0.4, 0.5) is 5.69 Å². The molecule has 120 valence electrons. The third-order valence-corrected chi connectivity index (χ3v) is 4.00. The first-order valence-electron chi connectivity index (χ1n) is 7.64. The first kappa shape index (κ1) is 15.3. The molecular formula is C17H19N3O3. The summed E-state index contributed by atoms with van der Waals surface area (Å²) in [5.74, 6) is 0.244. The van der Waals surface area contributed by atoms with Crippen LogP contribution in [0.15, 0.2) is 41.3 Å². The summed E-state index contributed by atoms with van der Waals surface area (Å²) >= 11 is 0. The number of amides is 2. The molecule has 1 aliphatic heterocycles. The van der Waals surface area contributed by atoms with Crippen molar-refractivity contribution >= 4 is 17.5 Å². The van der Waals surface area contributed by atoms with Crippen molar-refractivity contribution in [1.29, 1.82) is 0 Å². The van der Waals surface area contributed by atoms with Gasteiger partial charge in [0.05, 0.1) is 12.1 Å². The van der Waals surface area contributed by atoms with Gasteiger partial charge in [-0.2, -0.15) is 0 Å². The van der Waals surface area contributed by atoms with E-state index >= 15 is 0 Å². The fourth-order valence-electron chi connectivity index (χ4n) is 2.76. The molecule has 1 N–H and O–H groups in total. The minimum Gasteiger partial charge on any atom is -0.444 e. The van der Waals surface area contributed by atoms with E-state index in [2.05, 4.69) is 10.3 Å². The van der Waals surface area contributed by atoms with Crippen molar-refractivity contribution in [2.75, 3.05) is 11.9 Å². The number of likely N-dealkylation sites (tertiary alicyclic amines) is 1. The van der Waals surface area contributed by atoms with Crippen molar-refractivity contribution in [3.63, 3.8) is 0 Å². The number of nitrogens with zero attached hydrogens (tertiary/aromatic N) is 2. The van der Waals surface area contributed by atoms with Crippen molar-refractivity contribution in [3.8, 4) is 11.3 Å². The van der Waals surface area contributed by atoms with Crippen LogP contribution in [0.5, 0.6) is 0 Å². The lowest BCUT2D eigenvalue weighted by Gasteiger charge is -2.20. The minimum atomic E-state index is -0.307. The van der Waals surface area contributed by atoms with E-state index in [9.17, 15) is 9.59 Å². The van der Waals surface area contributed by atoms with Gasteiger partial charge in [0.2, 0.25) is 11.8 Å². The van der Waals surface area contributed by atoms with E-state index in [1.54, 1.807) is 11.1 Å². The molecule has 0 aliphatic carbocycles. The van der Waals surface area contributed by atoms with E-state index in [1.165, 1.54) is 6.39 Å². The van der Waals surface area contributed by atoms with Gasteiger partial charge >= 0.3 is 0 Å². The number of carbonyl (C=O) groups is 2. The molecule has 6 nitrogen and oxygen atoms in total. The molecule has 6 heteroatoms.